The third-order valence-electron chi connectivity index (χ3n) is 4.08. The second-order valence-corrected chi connectivity index (χ2v) is 6.27. The van der Waals surface area contributed by atoms with E-state index in [0.717, 1.165) is 37.5 Å². The molecule has 0 saturated heterocycles. The first kappa shape index (κ1) is 15.3. The minimum atomic E-state index is -0.554. The van der Waals surface area contributed by atoms with E-state index in [1.807, 2.05) is 7.05 Å². The molecule has 2 rings (SSSR count). The topological polar surface area (TPSA) is 35.8 Å². The Labute approximate surface area is 122 Å². The van der Waals surface area contributed by atoms with Crippen LogP contribution in [0.5, 0.6) is 0 Å². The molecular weight excluding hydrogens is 278 g/mol. The van der Waals surface area contributed by atoms with Crippen LogP contribution in [0.1, 0.15) is 25.7 Å². The molecule has 1 aliphatic rings. The number of nitrogens with one attached hydrogen (secondary N) is 1. The summed E-state index contributed by atoms with van der Waals surface area (Å²) in [5.74, 6) is -0.0328. The van der Waals surface area contributed by atoms with Gasteiger partial charge in [0.2, 0.25) is 0 Å². The van der Waals surface area contributed by atoms with Crippen LogP contribution >= 0.6 is 11.8 Å². The van der Waals surface area contributed by atoms with Crippen LogP contribution in [-0.2, 0) is 0 Å². The molecule has 0 aromatic heterocycles. The average Bonchev–Trinajstić information content (AvgIpc) is 2.85. The van der Waals surface area contributed by atoms with Crippen molar-refractivity contribution in [1.82, 2.24) is 5.32 Å². The zero-order valence-corrected chi connectivity index (χ0v) is 12.3. The zero-order valence-electron chi connectivity index (χ0n) is 11.5. The summed E-state index contributed by atoms with van der Waals surface area (Å²) < 4.78 is 26.3. The number of thioether (sulfide) groups is 1. The van der Waals surface area contributed by atoms with E-state index in [0.29, 0.717) is 10.8 Å². The molecule has 5 heteroatoms. The van der Waals surface area contributed by atoms with Crippen LogP contribution in [0, 0.1) is 28.9 Å². The first-order chi connectivity index (χ1) is 9.61. The summed E-state index contributed by atoms with van der Waals surface area (Å²) in [5.41, 5.74) is -0.429. The summed E-state index contributed by atoms with van der Waals surface area (Å²) in [5, 5.41) is 12.5. The number of hydrogen-bond donors (Lipinski definition) is 1. The fourth-order valence-corrected chi connectivity index (χ4v) is 3.89. The Morgan fingerprint density at radius 1 is 1.50 bits per heavy atom. The van der Waals surface area contributed by atoms with Crippen LogP contribution < -0.4 is 5.32 Å². The van der Waals surface area contributed by atoms with Gasteiger partial charge in [-0.05, 0) is 50.1 Å². The number of nitriles is 1. The predicted octanol–water partition coefficient (Wildman–Crippen LogP) is 3.73. The first-order valence-corrected chi connectivity index (χ1v) is 7.78. The predicted molar refractivity (Wildman–Crippen MR) is 76.4 cm³/mol. The molecule has 1 aromatic rings. The van der Waals surface area contributed by atoms with E-state index in [1.54, 1.807) is 0 Å². The van der Waals surface area contributed by atoms with E-state index in [2.05, 4.69) is 11.4 Å². The minimum Gasteiger partial charge on any atom is -0.302 e. The fraction of sp³-hybridized carbons (Fsp3) is 0.533. The first-order valence-electron chi connectivity index (χ1n) is 6.79. The highest BCUT2D eigenvalue weighted by atomic mass is 32.2. The summed E-state index contributed by atoms with van der Waals surface area (Å²) in [4.78, 5) is 0.469. The van der Waals surface area contributed by atoms with Gasteiger partial charge in [-0.15, -0.1) is 11.8 Å². The van der Waals surface area contributed by atoms with Crippen LogP contribution in [-0.4, -0.2) is 18.3 Å². The van der Waals surface area contributed by atoms with Crippen LogP contribution in [0.3, 0.4) is 0 Å². The van der Waals surface area contributed by atoms with Crippen LogP contribution in [0.25, 0.3) is 0 Å². The van der Waals surface area contributed by atoms with Crippen LogP contribution in [0.15, 0.2) is 23.1 Å². The molecule has 0 spiro atoms. The van der Waals surface area contributed by atoms with Crippen LogP contribution in [0.2, 0.25) is 0 Å². The van der Waals surface area contributed by atoms with E-state index in [-0.39, 0.29) is 0 Å². The quantitative estimate of drug-likeness (QED) is 0.841. The lowest BCUT2D eigenvalue weighted by Gasteiger charge is -2.28. The number of benzene rings is 1. The maximum Gasteiger partial charge on any atom is 0.139 e. The van der Waals surface area contributed by atoms with Gasteiger partial charge in [0.1, 0.15) is 17.2 Å². The van der Waals surface area contributed by atoms with Gasteiger partial charge in [-0.2, -0.15) is 5.26 Å². The lowest BCUT2D eigenvalue weighted by Crippen LogP contribution is -2.44. The highest BCUT2D eigenvalue weighted by Crippen LogP contribution is 2.38. The molecule has 2 atom stereocenters. The molecule has 1 fully saturated rings. The van der Waals surface area contributed by atoms with Crippen LogP contribution in [0.4, 0.5) is 8.78 Å². The largest absolute Gasteiger partial charge is 0.302 e. The molecule has 0 bridgehead atoms. The monoisotopic (exact) mass is 296 g/mol. The Kier molecular flexibility index (Phi) is 5.00. The van der Waals surface area contributed by atoms with Gasteiger partial charge in [0.25, 0.3) is 0 Å². The van der Waals surface area contributed by atoms with Crippen molar-refractivity contribution >= 4 is 11.8 Å². The molecule has 2 unspecified atom stereocenters. The van der Waals surface area contributed by atoms with E-state index in [4.69, 9.17) is 0 Å². The second-order valence-electron chi connectivity index (χ2n) is 5.13. The van der Waals surface area contributed by atoms with Crippen molar-refractivity contribution in [2.45, 2.75) is 36.1 Å². The molecular formula is C15H18F2N2S. The molecule has 1 saturated carbocycles. The van der Waals surface area contributed by atoms with Gasteiger partial charge in [-0.3, -0.25) is 0 Å². The summed E-state index contributed by atoms with van der Waals surface area (Å²) >= 11 is 1.39. The third-order valence-corrected chi connectivity index (χ3v) is 5.17. The highest BCUT2D eigenvalue weighted by molar-refractivity contribution is 7.99. The van der Waals surface area contributed by atoms with E-state index in [1.165, 1.54) is 23.9 Å². The van der Waals surface area contributed by atoms with Gasteiger partial charge in [0.15, 0.2) is 0 Å². The van der Waals surface area contributed by atoms with Crippen molar-refractivity contribution in [3.8, 4) is 6.07 Å². The lowest BCUT2D eigenvalue weighted by molar-refractivity contribution is 0.332. The Bertz CT molecular complexity index is 515. The SMILES string of the molecule is CNC1(C#N)CCCC1CCSc1ccc(F)cc1F. The minimum absolute atomic E-state index is 0.300. The normalized spacial score (nSPS) is 25.6. The van der Waals surface area contributed by atoms with E-state index < -0.39 is 17.2 Å². The highest BCUT2D eigenvalue weighted by Gasteiger charge is 2.41. The van der Waals surface area contributed by atoms with Crippen molar-refractivity contribution in [2.24, 2.45) is 5.92 Å². The molecule has 2 nitrogen and oxygen atoms in total. The van der Waals surface area contributed by atoms with Gasteiger partial charge < -0.3 is 5.32 Å². The molecule has 0 aliphatic heterocycles. The van der Waals surface area contributed by atoms with Gasteiger partial charge in [-0.1, -0.05) is 6.42 Å². The van der Waals surface area contributed by atoms with Crippen molar-refractivity contribution < 1.29 is 8.78 Å². The zero-order chi connectivity index (χ0) is 14.6. The summed E-state index contributed by atoms with van der Waals surface area (Å²) in [6.45, 7) is 0. The van der Waals surface area contributed by atoms with E-state index in [9.17, 15) is 14.0 Å². The number of hydrogen-bond acceptors (Lipinski definition) is 3. The van der Waals surface area contributed by atoms with Gasteiger partial charge in [0, 0.05) is 11.0 Å². The molecule has 1 aromatic carbocycles. The summed E-state index contributed by atoms with van der Waals surface area (Å²) in [6.07, 6.45) is 3.81. The Morgan fingerprint density at radius 3 is 2.95 bits per heavy atom. The molecule has 0 radical (unpaired) electrons. The summed E-state index contributed by atoms with van der Waals surface area (Å²) in [7, 11) is 1.83. The second kappa shape index (κ2) is 6.55. The van der Waals surface area contributed by atoms with Gasteiger partial charge >= 0.3 is 0 Å². The van der Waals surface area contributed by atoms with Crippen molar-refractivity contribution in [2.75, 3.05) is 12.8 Å². The van der Waals surface area contributed by atoms with Crippen molar-refractivity contribution in [3.05, 3.63) is 29.8 Å². The smallest absolute Gasteiger partial charge is 0.139 e. The van der Waals surface area contributed by atoms with Gasteiger partial charge in [0.05, 0.1) is 6.07 Å². The number of rotatable bonds is 5. The Hall–Kier alpha value is -1.12. The third kappa shape index (κ3) is 3.13. The molecule has 1 aliphatic carbocycles. The lowest BCUT2D eigenvalue weighted by atomic mass is 9.87. The number of nitrogens with zero attached hydrogens (tertiary/aromatic N) is 1. The number of halogens is 2. The van der Waals surface area contributed by atoms with E-state index >= 15 is 0 Å². The molecule has 0 heterocycles. The summed E-state index contributed by atoms with van der Waals surface area (Å²) in [6, 6.07) is 6.05. The molecule has 20 heavy (non-hydrogen) atoms. The van der Waals surface area contributed by atoms with Gasteiger partial charge in [-0.25, -0.2) is 8.78 Å². The molecule has 1 N–H and O–H groups in total. The fourth-order valence-electron chi connectivity index (χ4n) is 2.90. The van der Waals surface area contributed by atoms with Crippen molar-refractivity contribution in [3.63, 3.8) is 0 Å². The maximum atomic E-state index is 13.5. The average molecular weight is 296 g/mol. The molecule has 108 valence electrons. The maximum absolute atomic E-state index is 13.5. The standard InChI is InChI=1S/C15H18F2N2S/c1-19-15(10-18)7-2-3-11(15)6-8-20-14-5-4-12(16)9-13(14)17/h4-5,9,11,19H,2-3,6-8H2,1H3. The molecule has 0 amide bonds. The Balaban J connectivity index is 1.91. The Morgan fingerprint density at radius 2 is 2.30 bits per heavy atom. The van der Waals surface area contributed by atoms with Crippen molar-refractivity contribution in [1.29, 1.82) is 5.26 Å².